The zero-order valence-electron chi connectivity index (χ0n) is 16.2. The summed E-state index contributed by atoms with van der Waals surface area (Å²) < 4.78 is 33.7. The van der Waals surface area contributed by atoms with Crippen LogP contribution in [0.3, 0.4) is 0 Å². The number of guanidine groups is 1. The minimum Gasteiger partial charge on any atom is -0.493 e. The first kappa shape index (κ1) is 23.8. The van der Waals surface area contributed by atoms with E-state index in [4.69, 9.17) is 9.47 Å². The van der Waals surface area contributed by atoms with E-state index < -0.39 is 9.84 Å². The molecule has 1 aromatic rings. The molecule has 1 aromatic carbocycles. The van der Waals surface area contributed by atoms with Gasteiger partial charge in [0.25, 0.3) is 0 Å². The summed E-state index contributed by atoms with van der Waals surface area (Å²) >= 11 is 0. The number of halogens is 1. The van der Waals surface area contributed by atoms with Crippen LogP contribution in [0.1, 0.15) is 25.3 Å². The molecule has 7 nitrogen and oxygen atoms in total. The third kappa shape index (κ3) is 7.73. The maximum absolute atomic E-state index is 11.6. The molecule has 2 rings (SSSR count). The SMILES string of the molecule is CCNC(=NCCCc1ccc(OC)c(OC)c1)NC1CCS(=O)(=O)C1.I. The molecular formula is C18H30IN3O4S. The molecule has 154 valence electrons. The molecule has 27 heavy (non-hydrogen) atoms. The van der Waals surface area contributed by atoms with Crippen LogP contribution in [0.4, 0.5) is 0 Å². The number of sulfone groups is 1. The van der Waals surface area contributed by atoms with Crippen molar-refractivity contribution in [3.05, 3.63) is 23.8 Å². The van der Waals surface area contributed by atoms with Gasteiger partial charge in [0.05, 0.1) is 25.7 Å². The third-order valence-electron chi connectivity index (χ3n) is 4.26. The fraction of sp³-hybridized carbons (Fsp3) is 0.611. The summed E-state index contributed by atoms with van der Waals surface area (Å²) in [6.45, 7) is 3.39. The summed E-state index contributed by atoms with van der Waals surface area (Å²) in [4.78, 5) is 4.56. The predicted molar refractivity (Wildman–Crippen MR) is 119 cm³/mol. The Hall–Kier alpha value is -1.23. The van der Waals surface area contributed by atoms with Gasteiger partial charge in [-0.05, 0) is 43.9 Å². The number of ether oxygens (including phenoxy) is 2. The Labute approximate surface area is 179 Å². The lowest BCUT2D eigenvalue weighted by Crippen LogP contribution is -2.44. The number of aryl methyl sites for hydroxylation is 1. The number of hydrogen-bond acceptors (Lipinski definition) is 5. The Morgan fingerprint density at radius 1 is 1.26 bits per heavy atom. The van der Waals surface area contributed by atoms with E-state index in [9.17, 15) is 8.42 Å². The fourth-order valence-electron chi connectivity index (χ4n) is 2.93. The highest BCUT2D eigenvalue weighted by Crippen LogP contribution is 2.27. The average molecular weight is 511 g/mol. The molecule has 0 radical (unpaired) electrons. The van der Waals surface area contributed by atoms with Gasteiger partial charge < -0.3 is 20.1 Å². The fourth-order valence-corrected chi connectivity index (χ4v) is 4.61. The minimum atomic E-state index is -2.90. The van der Waals surface area contributed by atoms with Gasteiger partial charge in [0.2, 0.25) is 0 Å². The van der Waals surface area contributed by atoms with Gasteiger partial charge in [-0.3, -0.25) is 4.99 Å². The maximum atomic E-state index is 11.6. The van der Waals surface area contributed by atoms with E-state index in [0.717, 1.165) is 36.4 Å². The third-order valence-corrected chi connectivity index (χ3v) is 6.03. The number of rotatable bonds is 8. The molecule has 0 bridgehead atoms. The molecule has 1 saturated heterocycles. The van der Waals surface area contributed by atoms with Gasteiger partial charge in [0, 0.05) is 19.1 Å². The van der Waals surface area contributed by atoms with E-state index >= 15 is 0 Å². The normalized spacial score (nSPS) is 18.5. The molecule has 0 aliphatic carbocycles. The highest BCUT2D eigenvalue weighted by Gasteiger charge is 2.28. The summed E-state index contributed by atoms with van der Waals surface area (Å²) in [6, 6.07) is 5.86. The second-order valence-electron chi connectivity index (χ2n) is 6.30. The molecular weight excluding hydrogens is 481 g/mol. The Kier molecular flexibility index (Phi) is 10.2. The van der Waals surface area contributed by atoms with Crippen molar-refractivity contribution in [1.82, 2.24) is 10.6 Å². The van der Waals surface area contributed by atoms with E-state index in [2.05, 4.69) is 15.6 Å². The first-order valence-corrected chi connectivity index (χ1v) is 10.8. The van der Waals surface area contributed by atoms with Crippen LogP contribution in [0.5, 0.6) is 11.5 Å². The molecule has 9 heteroatoms. The van der Waals surface area contributed by atoms with Crippen LogP contribution in [0.15, 0.2) is 23.2 Å². The van der Waals surface area contributed by atoms with Crippen LogP contribution in [0.2, 0.25) is 0 Å². The van der Waals surface area contributed by atoms with Gasteiger partial charge in [-0.1, -0.05) is 6.07 Å². The van der Waals surface area contributed by atoms with Gasteiger partial charge in [0.15, 0.2) is 27.3 Å². The zero-order valence-corrected chi connectivity index (χ0v) is 19.3. The summed E-state index contributed by atoms with van der Waals surface area (Å²) in [7, 11) is 0.354. The van der Waals surface area contributed by atoms with E-state index in [1.165, 1.54) is 0 Å². The molecule has 1 unspecified atom stereocenters. The Morgan fingerprint density at radius 2 is 2.00 bits per heavy atom. The number of aliphatic imine (C=N–C) groups is 1. The van der Waals surface area contributed by atoms with E-state index in [-0.39, 0.29) is 41.5 Å². The maximum Gasteiger partial charge on any atom is 0.191 e. The van der Waals surface area contributed by atoms with Gasteiger partial charge >= 0.3 is 0 Å². The molecule has 0 amide bonds. The van der Waals surface area contributed by atoms with Crippen molar-refractivity contribution in [2.45, 2.75) is 32.2 Å². The monoisotopic (exact) mass is 511 g/mol. The first-order valence-electron chi connectivity index (χ1n) is 8.93. The molecule has 1 heterocycles. The molecule has 0 aromatic heterocycles. The molecule has 1 atom stereocenters. The Bertz CT molecular complexity index is 725. The largest absolute Gasteiger partial charge is 0.493 e. The summed E-state index contributed by atoms with van der Waals surface area (Å²) in [5.74, 6) is 2.57. The van der Waals surface area contributed by atoms with Crippen molar-refractivity contribution >= 4 is 39.8 Å². The van der Waals surface area contributed by atoms with Crippen molar-refractivity contribution in [3.8, 4) is 11.5 Å². The minimum absolute atomic E-state index is 0. The zero-order chi connectivity index (χ0) is 19.0. The summed E-state index contributed by atoms with van der Waals surface area (Å²) in [5, 5.41) is 6.40. The number of methoxy groups -OCH3 is 2. The molecule has 1 fully saturated rings. The average Bonchev–Trinajstić information content (AvgIpc) is 2.97. The first-order chi connectivity index (χ1) is 12.5. The highest BCUT2D eigenvalue weighted by molar-refractivity contribution is 14.0. The smallest absolute Gasteiger partial charge is 0.191 e. The molecule has 2 N–H and O–H groups in total. The lowest BCUT2D eigenvalue weighted by molar-refractivity contribution is 0.354. The van der Waals surface area contributed by atoms with E-state index in [1.807, 2.05) is 25.1 Å². The summed E-state index contributed by atoms with van der Waals surface area (Å²) in [5.41, 5.74) is 1.16. The van der Waals surface area contributed by atoms with Crippen LogP contribution in [-0.4, -0.2) is 59.2 Å². The molecule has 0 spiro atoms. The van der Waals surface area contributed by atoms with Gasteiger partial charge in [0.1, 0.15) is 0 Å². The van der Waals surface area contributed by atoms with Crippen LogP contribution in [-0.2, 0) is 16.3 Å². The molecule has 1 aliphatic rings. The lowest BCUT2D eigenvalue weighted by Gasteiger charge is -2.15. The predicted octanol–water partition coefficient (Wildman–Crippen LogP) is 2.00. The Morgan fingerprint density at radius 3 is 2.59 bits per heavy atom. The number of nitrogens with one attached hydrogen (secondary N) is 2. The second-order valence-corrected chi connectivity index (χ2v) is 8.53. The standard InChI is InChI=1S/C18H29N3O4S.HI/c1-4-19-18(21-15-9-11-26(22,23)13-15)20-10-5-6-14-7-8-16(24-2)17(12-14)25-3;/h7-8,12,15H,4-6,9-11,13H2,1-3H3,(H2,19,20,21);1H. The van der Waals surface area contributed by atoms with E-state index in [0.29, 0.717) is 18.9 Å². The lowest BCUT2D eigenvalue weighted by atomic mass is 10.1. The summed E-state index contributed by atoms with van der Waals surface area (Å²) in [6.07, 6.45) is 2.40. The Balaban J connectivity index is 0.00000364. The topological polar surface area (TPSA) is 89.0 Å². The second kappa shape index (κ2) is 11.6. The van der Waals surface area contributed by atoms with Gasteiger partial charge in [-0.15, -0.1) is 24.0 Å². The van der Waals surface area contributed by atoms with Crippen LogP contribution in [0, 0.1) is 0 Å². The van der Waals surface area contributed by atoms with Crippen molar-refractivity contribution in [1.29, 1.82) is 0 Å². The molecule has 0 saturated carbocycles. The quantitative estimate of drug-likeness (QED) is 0.240. The van der Waals surface area contributed by atoms with Gasteiger partial charge in [-0.25, -0.2) is 8.42 Å². The van der Waals surface area contributed by atoms with Crippen molar-refractivity contribution in [3.63, 3.8) is 0 Å². The van der Waals surface area contributed by atoms with Crippen molar-refractivity contribution in [2.75, 3.05) is 38.8 Å². The number of hydrogen-bond donors (Lipinski definition) is 2. The van der Waals surface area contributed by atoms with Gasteiger partial charge in [-0.2, -0.15) is 0 Å². The highest BCUT2D eigenvalue weighted by atomic mass is 127. The molecule has 1 aliphatic heterocycles. The van der Waals surface area contributed by atoms with Crippen LogP contribution >= 0.6 is 24.0 Å². The van der Waals surface area contributed by atoms with E-state index in [1.54, 1.807) is 14.2 Å². The van der Waals surface area contributed by atoms with Crippen LogP contribution < -0.4 is 20.1 Å². The number of benzene rings is 1. The number of nitrogens with zero attached hydrogens (tertiary/aromatic N) is 1. The van der Waals surface area contributed by atoms with Crippen LogP contribution in [0.25, 0.3) is 0 Å². The van der Waals surface area contributed by atoms with Crippen molar-refractivity contribution < 1.29 is 17.9 Å². The van der Waals surface area contributed by atoms with Crippen molar-refractivity contribution in [2.24, 2.45) is 4.99 Å².